The summed E-state index contributed by atoms with van der Waals surface area (Å²) in [6.07, 6.45) is 2.28. The van der Waals surface area contributed by atoms with E-state index in [9.17, 15) is 5.26 Å². The molecule has 1 saturated heterocycles. The van der Waals surface area contributed by atoms with Crippen LogP contribution in [-0.4, -0.2) is 25.0 Å². The number of likely N-dealkylation sites (tertiary alicyclic amines) is 1. The third-order valence-corrected chi connectivity index (χ3v) is 3.53. The Bertz CT molecular complexity index is 364. The molecule has 0 aliphatic carbocycles. The molecule has 2 rings (SSSR count). The van der Waals surface area contributed by atoms with Crippen LogP contribution in [0.4, 0.5) is 0 Å². The maximum Gasteiger partial charge on any atom is 0.0741 e. The Morgan fingerprint density at radius 3 is 2.35 bits per heavy atom. The lowest BCUT2D eigenvalue weighted by Crippen LogP contribution is -2.32. The first kappa shape index (κ1) is 14.0. The predicted molar refractivity (Wildman–Crippen MR) is 72.3 cm³/mol. The fraction of sp³-hybridized carbons (Fsp3) is 0.500. The molecule has 0 saturated carbocycles. The molecule has 1 unspecified atom stereocenters. The van der Waals surface area contributed by atoms with Crippen molar-refractivity contribution in [2.24, 2.45) is 5.92 Å². The first-order valence-electron chi connectivity index (χ1n) is 5.94. The van der Waals surface area contributed by atoms with E-state index in [1.165, 1.54) is 5.56 Å². The zero-order valence-corrected chi connectivity index (χ0v) is 11.0. The van der Waals surface area contributed by atoms with Crippen LogP contribution in [0.1, 0.15) is 24.3 Å². The van der Waals surface area contributed by atoms with E-state index in [0.717, 1.165) is 25.9 Å². The van der Waals surface area contributed by atoms with Crippen LogP contribution in [0.5, 0.6) is 0 Å². The first-order valence-corrected chi connectivity index (χ1v) is 5.94. The number of hydrogen-bond donors (Lipinski definition) is 0. The lowest BCUT2D eigenvalue weighted by molar-refractivity contribution is 0.210. The topological polar surface area (TPSA) is 27.0 Å². The summed E-state index contributed by atoms with van der Waals surface area (Å²) in [6.45, 7) is 2.24. The van der Waals surface area contributed by atoms with Crippen molar-refractivity contribution in [1.29, 1.82) is 5.26 Å². The van der Waals surface area contributed by atoms with Gasteiger partial charge in [-0.05, 0) is 44.5 Å². The number of benzene rings is 1. The van der Waals surface area contributed by atoms with E-state index in [2.05, 4.69) is 30.1 Å². The Balaban J connectivity index is 0.00000144. The van der Waals surface area contributed by atoms with E-state index in [0.29, 0.717) is 5.92 Å². The summed E-state index contributed by atoms with van der Waals surface area (Å²) < 4.78 is 0. The lowest BCUT2D eigenvalue weighted by Gasteiger charge is -2.31. The maximum atomic E-state index is 9.33. The molecule has 1 aromatic rings. The lowest BCUT2D eigenvalue weighted by atomic mass is 9.81. The molecule has 0 bridgehead atoms. The van der Waals surface area contributed by atoms with Gasteiger partial charge in [-0.25, -0.2) is 0 Å². The van der Waals surface area contributed by atoms with Crippen molar-refractivity contribution in [2.45, 2.75) is 18.8 Å². The highest BCUT2D eigenvalue weighted by atomic mass is 35.5. The van der Waals surface area contributed by atoms with Crippen LogP contribution < -0.4 is 0 Å². The molecule has 0 amide bonds. The SMILES string of the molecule is CN1CCC(C(C#N)c2ccccc2)CC1.Cl. The van der Waals surface area contributed by atoms with Crippen LogP contribution in [0.2, 0.25) is 0 Å². The fourth-order valence-electron chi connectivity index (χ4n) is 2.47. The normalized spacial score (nSPS) is 19.1. The summed E-state index contributed by atoms with van der Waals surface area (Å²) in [6, 6.07) is 12.7. The van der Waals surface area contributed by atoms with E-state index >= 15 is 0 Å². The number of hydrogen-bond acceptors (Lipinski definition) is 2. The van der Waals surface area contributed by atoms with Crippen molar-refractivity contribution in [3.8, 4) is 6.07 Å². The van der Waals surface area contributed by atoms with Gasteiger partial charge in [0.25, 0.3) is 0 Å². The highest BCUT2D eigenvalue weighted by Gasteiger charge is 2.26. The average Bonchev–Trinajstić information content (AvgIpc) is 2.34. The quantitative estimate of drug-likeness (QED) is 0.807. The van der Waals surface area contributed by atoms with Gasteiger partial charge in [-0.3, -0.25) is 0 Å². The molecular weight excluding hydrogens is 232 g/mol. The van der Waals surface area contributed by atoms with Gasteiger partial charge in [0.1, 0.15) is 0 Å². The van der Waals surface area contributed by atoms with Crippen LogP contribution in [0.15, 0.2) is 30.3 Å². The van der Waals surface area contributed by atoms with Crippen molar-refractivity contribution < 1.29 is 0 Å². The third-order valence-electron chi connectivity index (χ3n) is 3.53. The molecule has 0 N–H and O–H groups in total. The highest BCUT2D eigenvalue weighted by Crippen LogP contribution is 2.31. The summed E-state index contributed by atoms with van der Waals surface area (Å²) in [4.78, 5) is 2.34. The van der Waals surface area contributed by atoms with E-state index in [1.807, 2.05) is 18.2 Å². The number of nitriles is 1. The molecule has 1 fully saturated rings. The van der Waals surface area contributed by atoms with Gasteiger partial charge in [0, 0.05) is 0 Å². The minimum atomic E-state index is 0. The van der Waals surface area contributed by atoms with Gasteiger partial charge in [-0.2, -0.15) is 5.26 Å². The molecule has 1 aromatic carbocycles. The summed E-state index contributed by atoms with van der Waals surface area (Å²) in [5.41, 5.74) is 1.18. The third kappa shape index (κ3) is 3.46. The number of piperidine rings is 1. The van der Waals surface area contributed by atoms with Crippen LogP contribution in [0.25, 0.3) is 0 Å². The fourth-order valence-corrected chi connectivity index (χ4v) is 2.47. The minimum Gasteiger partial charge on any atom is -0.306 e. The van der Waals surface area contributed by atoms with E-state index in [4.69, 9.17) is 0 Å². The van der Waals surface area contributed by atoms with E-state index in [1.54, 1.807) is 0 Å². The van der Waals surface area contributed by atoms with Gasteiger partial charge in [0.05, 0.1) is 12.0 Å². The van der Waals surface area contributed by atoms with Crippen molar-refractivity contribution in [3.05, 3.63) is 35.9 Å². The Morgan fingerprint density at radius 1 is 1.24 bits per heavy atom. The Kier molecular flexibility index (Phi) is 5.47. The molecule has 0 spiro atoms. The largest absolute Gasteiger partial charge is 0.306 e. The van der Waals surface area contributed by atoms with Gasteiger partial charge < -0.3 is 4.90 Å². The molecule has 1 aliphatic rings. The standard InChI is InChI=1S/C14H18N2.ClH/c1-16-9-7-13(8-10-16)14(11-15)12-5-3-2-4-6-12;/h2-6,13-14H,7-10H2,1H3;1H. The van der Waals surface area contributed by atoms with Crippen LogP contribution in [0, 0.1) is 17.2 Å². The first-order chi connectivity index (χ1) is 7.81. The number of halogens is 1. The second-order valence-electron chi connectivity index (χ2n) is 4.66. The van der Waals surface area contributed by atoms with Gasteiger partial charge in [0.15, 0.2) is 0 Å². The zero-order chi connectivity index (χ0) is 11.4. The highest BCUT2D eigenvalue weighted by molar-refractivity contribution is 5.85. The summed E-state index contributed by atoms with van der Waals surface area (Å²) in [5, 5.41) is 9.33. The van der Waals surface area contributed by atoms with Crippen molar-refractivity contribution in [3.63, 3.8) is 0 Å². The molecular formula is C14H19ClN2. The molecule has 0 aromatic heterocycles. The molecule has 2 nitrogen and oxygen atoms in total. The average molecular weight is 251 g/mol. The van der Waals surface area contributed by atoms with Crippen LogP contribution in [-0.2, 0) is 0 Å². The molecule has 1 atom stereocenters. The smallest absolute Gasteiger partial charge is 0.0741 e. The van der Waals surface area contributed by atoms with Gasteiger partial charge in [-0.15, -0.1) is 12.4 Å². The van der Waals surface area contributed by atoms with Crippen molar-refractivity contribution >= 4 is 12.4 Å². The van der Waals surface area contributed by atoms with Crippen LogP contribution in [0.3, 0.4) is 0 Å². The summed E-state index contributed by atoms with van der Waals surface area (Å²) >= 11 is 0. The summed E-state index contributed by atoms with van der Waals surface area (Å²) in [5.74, 6) is 0.610. The molecule has 3 heteroatoms. The zero-order valence-electron chi connectivity index (χ0n) is 10.2. The second-order valence-corrected chi connectivity index (χ2v) is 4.66. The van der Waals surface area contributed by atoms with Crippen molar-refractivity contribution in [1.82, 2.24) is 4.90 Å². The Hall–Kier alpha value is -1.04. The van der Waals surface area contributed by atoms with Crippen LogP contribution >= 0.6 is 12.4 Å². The molecule has 0 radical (unpaired) electrons. The predicted octanol–water partition coefficient (Wildman–Crippen LogP) is 3.06. The molecule has 17 heavy (non-hydrogen) atoms. The van der Waals surface area contributed by atoms with Gasteiger partial charge >= 0.3 is 0 Å². The monoisotopic (exact) mass is 250 g/mol. The Labute approximate surface area is 110 Å². The summed E-state index contributed by atoms with van der Waals surface area (Å²) in [7, 11) is 2.15. The van der Waals surface area contributed by atoms with E-state index in [-0.39, 0.29) is 18.3 Å². The van der Waals surface area contributed by atoms with Gasteiger partial charge in [-0.1, -0.05) is 30.3 Å². The number of rotatable bonds is 2. The second kappa shape index (κ2) is 6.64. The van der Waals surface area contributed by atoms with E-state index < -0.39 is 0 Å². The molecule has 92 valence electrons. The number of nitrogens with zero attached hydrogens (tertiary/aromatic N) is 2. The van der Waals surface area contributed by atoms with Gasteiger partial charge in [0.2, 0.25) is 0 Å². The minimum absolute atomic E-state index is 0. The molecule has 1 heterocycles. The molecule has 1 aliphatic heterocycles. The van der Waals surface area contributed by atoms with Crippen molar-refractivity contribution in [2.75, 3.05) is 20.1 Å². The Morgan fingerprint density at radius 2 is 1.82 bits per heavy atom. The maximum absolute atomic E-state index is 9.33.